The van der Waals surface area contributed by atoms with Crippen molar-refractivity contribution in [2.24, 2.45) is 0 Å². The smallest absolute Gasteiger partial charge is 0.161 e. The van der Waals surface area contributed by atoms with E-state index in [0.717, 1.165) is 25.1 Å². The van der Waals surface area contributed by atoms with Gasteiger partial charge < -0.3 is 10.1 Å². The second kappa shape index (κ2) is 9.82. The van der Waals surface area contributed by atoms with E-state index in [9.17, 15) is 0 Å². The number of rotatable bonds is 11. The van der Waals surface area contributed by atoms with Gasteiger partial charge in [0.15, 0.2) is 5.75 Å². The van der Waals surface area contributed by atoms with E-state index in [4.69, 9.17) is 4.74 Å². The fourth-order valence-corrected chi connectivity index (χ4v) is 2.69. The molecule has 1 heterocycles. The third-order valence-electron chi connectivity index (χ3n) is 3.82. The van der Waals surface area contributed by atoms with Gasteiger partial charge in [0.25, 0.3) is 0 Å². The quantitative estimate of drug-likeness (QED) is 0.612. The molecule has 0 amide bonds. The van der Waals surface area contributed by atoms with Crippen molar-refractivity contribution in [2.75, 3.05) is 13.7 Å². The van der Waals surface area contributed by atoms with Crippen LogP contribution >= 0.6 is 0 Å². The average molecular weight is 295 g/mol. The highest BCUT2D eigenvalue weighted by Crippen LogP contribution is 2.30. The second-order valence-electron chi connectivity index (χ2n) is 5.99. The number of nitrogens with one attached hydrogen (secondary N) is 1. The van der Waals surface area contributed by atoms with E-state index < -0.39 is 0 Å². The van der Waals surface area contributed by atoms with Gasteiger partial charge in [-0.3, -0.25) is 4.68 Å². The zero-order valence-electron chi connectivity index (χ0n) is 14.5. The van der Waals surface area contributed by atoms with Crippen molar-refractivity contribution in [1.82, 2.24) is 15.1 Å². The van der Waals surface area contributed by atoms with E-state index in [0.29, 0.717) is 12.1 Å². The molecule has 0 aliphatic carbocycles. The van der Waals surface area contributed by atoms with Crippen LogP contribution in [0.4, 0.5) is 0 Å². The van der Waals surface area contributed by atoms with Gasteiger partial charge in [-0.25, -0.2) is 0 Å². The maximum absolute atomic E-state index is 5.54. The molecule has 0 radical (unpaired) electrons. The lowest BCUT2D eigenvalue weighted by molar-refractivity contribution is 0.371. The van der Waals surface area contributed by atoms with Crippen LogP contribution in [-0.2, 0) is 0 Å². The lowest BCUT2D eigenvalue weighted by Gasteiger charge is -2.22. The Bertz CT molecular complexity index is 387. The summed E-state index contributed by atoms with van der Waals surface area (Å²) < 4.78 is 7.64. The van der Waals surface area contributed by atoms with E-state index in [-0.39, 0.29) is 0 Å². The topological polar surface area (TPSA) is 39.1 Å². The summed E-state index contributed by atoms with van der Waals surface area (Å²) in [5.41, 5.74) is 1.21. The number of hydrogen-bond acceptors (Lipinski definition) is 3. The molecule has 0 saturated carbocycles. The molecule has 1 atom stereocenters. The number of methoxy groups -OCH3 is 1. The Balaban J connectivity index is 2.87. The van der Waals surface area contributed by atoms with Crippen molar-refractivity contribution in [2.45, 2.75) is 78.3 Å². The van der Waals surface area contributed by atoms with E-state index >= 15 is 0 Å². The van der Waals surface area contributed by atoms with Crippen LogP contribution in [0.5, 0.6) is 5.75 Å². The molecule has 1 N–H and O–H groups in total. The largest absolute Gasteiger partial charge is 0.493 e. The van der Waals surface area contributed by atoms with E-state index in [1.54, 1.807) is 7.11 Å². The van der Waals surface area contributed by atoms with Gasteiger partial charge >= 0.3 is 0 Å². The summed E-state index contributed by atoms with van der Waals surface area (Å²) in [4.78, 5) is 0. The summed E-state index contributed by atoms with van der Waals surface area (Å²) >= 11 is 0. The SMILES string of the molecule is CCCCCCC(NCCC)c1c(OC)cnn1C(C)C. The van der Waals surface area contributed by atoms with Gasteiger partial charge in [-0.2, -0.15) is 5.10 Å². The summed E-state index contributed by atoms with van der Waals surface area (Å²) in [6, 6.07) is 0.687. The molecule has 1 aromatic rings. The fraction of sp³-hybridized carbons (Fsp3) is 0.824. The minimum atomic E-state index is 0.335. The Labute approximate surface area is 130 Å². The molecule has 4 heteroatoms. The third-order valence-corrected chi connectivity index (χ3v) is 3.82. The fourth-order valence-electron chi connectivity index (χ4n) is 2.69. The molecular formula is C17H33N3O. The molecule has 0 bridgehead atoms. The number of aromatic nitrogens is 2. The van der Waals surface area contributed by atoms with Crippen LogP contribution in [0.25, 0.3) is 0 Å². The summed E-state index contributed by atoms with van der Waals surface area (Å²) in [7, 11) is 1.74. The van der Waals surface area contributed by atoms with Gasteiger partial charge in [-0.15, -0.1) is 0 Å². The molecule has 0 saturated heterocycles. The summed E-state index contributed by atoms with van der Waals surface area (Å²) in [5.74, 6) is 0.910. The normalized spacial score (nSPS) is 12.9. The van der Waals surface area contributed by atoms with Crippen molar-refractivity contribution in [3.63, 3.8) is 0 Å². The van der Waals surface area contributed by atoms with Gasteiger partial charge in [-0.1, -0.05) is 39.5 Å². The summed E-state index contributed by atoms with van der Waals surface area (Å²) in [5, 5.41) is 8.19. The van der Waals surface area contributed by atoms with Crippen LogP contribution in [-0.4, -0.2) is 23.4 Å². The molecule has 1 unspecified atom stereocenters. The lowest BCUT2D eigenvalue weighted by atomic mass is 10.0. The van der Waals surface area contributed by atoms with Crippen LogP contribution in [0.1, 0.15) is 84.0 Å². The van der Waals surface area contributed by atoms with Crippen LogP contribution in [0.15, 0.2) is 6.20 Å². The number of ether oxygens (including phenoxy) is 1. The van der Waals surface area contributed by atoms with E-state index in [1.165, 1.54) is 31.4 Å². The second-order valence-corrected chi connectivity index (χ2v) is 5.99. The van der Waals surface area contributed by atoms with Crippen molar-refractivity contribution in [1.29, 1.82) is 0 Å². The molecule has 0 spiro atoms. The first-order chi connectivity index (χ1) is 10.2. The maximum atomic E-state index is 5.54. The molecule has 122 valence electrons. The van der Waals surface area contributed by atoms with Gasteiger partial charge in [-0.05, 0) is 33.2 Å². The first-order valence-electron chi connectivity index (χ1n) is 8.50. The van der Waals surface area contributed by atoms with Crippen molar-refractivity contribution >= 4 is 0 Å². The summed E-state index contributed by atoms with van der Waals surface area (Å²) in [6.45, 7) is 9.83. The predicted octanol–water partition coefficient (Wildman–Crippen LogP) is 4.48. The monoisotopic (exact) mass is 295 g/mol. The third kappa shape index (κ3) is 5.34. The van der Waals surface area contributed by atoms with E-state index in [1.807, 2.05) is 6.20 Å². The van der Waals surface area contributed by atoms with Crippen molar-refractivity contribution in [3.8, 4) is 5.75 Å². The number of nitrogens with zero attached hydrogens (tertiary/aromatic N) is 2. The van der Waals surface area contributed by atoms with Crippen molar-refractivity contribution in [3.05, 3.63) is 11.9 Å². The maximum Gasteiger partial charge on any atom is 0.161 e. The predicted molar refractivity (Wildman–Crippen MR) is 89.0 cm³/mol. The molecule has 21 heavy (non-hydrogen) atoms. The van der Waals surface area contributed by atoms with Crippen LogP contribution in [0.2, 0.25) is 0 Å². The number of unbranched alkanes of at least 4 members (excludes halogenated alkanes) is 3. The highest BCUT2D eigenvalue weighted by molar-refractivity contribution is 5.28. The number of hydrogen-bond donors (Lipinski definition) is 1. The van der Waals surface area contributed by atoms with Gasteiger partial charge in [0.05, 0.1) is 25.0 Å². The van der Waals surface area contributed by atoms with Crippen molar-refractivity contribution < 1.29 is 4.74 Å². The Morgan fingerprint density at radius 1 is 1.19 bits per heavy atom. The van der Waals surface area contributed by atoms with Gasteiger partial charge in [0.2, 0.25) is 0 Å². The van der Waals surface area contributed by atoms with Crippen LogP contribution in [0, 0.1) is 0 Å². The van der Waals surface area contributed by atoms with Gasteiger partial charge in [0, 0.05) is 6.04 Å². The molecule has 0 fully saturated rings. The lowest BCUT2D eigenvalue weighted by Crippen LogP contribution is -2.26. The zero-order chi connectivity index (χ0) is 15.7. The molecule has 0 aliphatic rings. The average Bonchev–Trinajstić information content (AvgIpc) is 2.90. The molecular weight excluding hydrogens is 262 g/mol. The Kier molecular flexibility index (Phi) is 8.43. The molecule has 1 rings (SSSR count). The molecule has 1 aromatic heterocycles. The Morgan fingerprint density at radius 3 is 2.52 bits per heavy atom. The molecule has 0 aromatic carbocycles. The highest BCUT2D eigenvalue weighted by atomic mass is 16.5. The van der Waals surface area contributed by atoms with Crippen LogP contribution < -0.4 is 10.1 Å². The Morgan fingerprint density at radius 2 is 1.95 bits per heavy atom. The highest BCUT2D eigenvalue weighted by Gasteiger charge is 2.22. The standard InChI is InChI=1S/C17H33N3O/c1-6-8-9-10-11-15(18-12-7-2)17-16(21-5)13-19-20(17)14(3)4/h13-15,18H,6-12H2,1-5H3. The van der Waals surface area contributed by atoms with Crippen LogP contribution in [0.3, 0.4) is 0 Å². The summed E-state index contributed by atoms with van der Waals surface area (Å²) in [6.07, 6.45) is 9.29. The first kappa shape index (κ1) is 18.0. The van der Waals surface area contributed by atoms with Gasteiger partial charge in [0.1, 0.15) is 0 Å². The van der Waals surface area contributed by atoms with E-state index in [2.05, 4.69) is 42.8 Å². The zero-order valence-corrected chi connectivity index (χ0v) is 14.5. The molecule has 4 nitrogen and oxygen atoms in total. The Hall–Kier alpha value is -1.03. The minimum Gasteiger partial charge on any atom is -0.493 e. The minimum absolute atomic E-state index is 0.335. The molecule has 0 aliphatic heterocycles. The first-order valence-corrected chi connectivity index (χ1v) is 8.50.